The number of H-pyrrole nitrogens is 1. The number of benzene rings is 2. The van der Waals surface area contributed by atoms with Crippen LogP contribution in [0.4, 0.5) is 0 Å². The molecule has 0 bridgehead atoms. The summed E-state index contributed by atoms with van der Waals surface area (Å²) < 4.78 is 0. The number of aromatic nitrogens is 1. The Balaban J connectivity index is 1.44. The molecule has 0 atom stereocenters. The maximum atomic E-state index is 12.9. The standard InChI is InChI=1S/C22H22ClN3O3/c23-16-6-7-19-17(12-16)18(21(24-19)22(28)29)13-20(27)26-10-8-25(9-11-26)14-15-4-2-1-3-5-15/h1-7,12,24H,8-11,13-14H2,(H,28,29). The minimum Gasteiger partial charge on any atom is -0.477 e. The van der Waals surface area contributed by atoms with Gasteiger partial charge in [-0.15, -0.1) is 0 Å². The Morgan fingerprint density at radius 3 is 2.45 bits per heavy atom. The third-order valence-electron chi connectivity index (χ3n) is 5.38. The highest BCUT2D eigenvalue weighted by molar-refractivity contribution is 6.31. The fourth-order valence-electron chi connectivity index (χ4n) is 3.85. The lowest BCUT2D eigenvalue weighted by Gasteiger charge is -2.34. The van der Waals surface area contributed by atoms with Crippen molar-refractivity contribution in [3.63, 3.8) is 0 Å². The first-order valence-corrected chi connectivity index (χ1v) is 9.96. The van der Waals surface area contributed by atoms with Gasteiger partial charge in [0.25, 0.3) is 0 Å². The first-order chi connectivity index (χ1) is 14.0. The van der Waals surface area contributed by atoms with E-state index in [9.17, 15) is 14.7 Å². The van der Waals surface area contributed by atoms with E-state index in [1.807, 2.05) is 23.1 Å². The summed E-state index contributed by atoms with van der Waals surface area (Å²) in [5, 5.41) is 10.7. The SMILES string of the molecule is O=C(O)c1[nH]c2ccc(Cl)cc2c1CC(=O)N1CCN(Cc2ccccc2)CC1. The van der Waals surface area contributed by atoms with Crippen LogP contribution in [0.5, 0.6) is 0 Å². The fourth-order valence-corrected chi connectivity index (χ4v) is 4.02. The fraction of sp³-hybridized carbons (Fsp3) is 0.273. The van der Waals surface area contributed by atoms with Crippen LogP contribution in [0.15, 0.2) is 48.5 Å². The van der Waals surface area contributed by atoms with Gasteiger partial charge >= 0.3 is 5.97 Å². The van der Waals surface area contributed by atoms with Crippen molar-refractivity contribution in [3.8, 4) is 0 Å². The quantitative estimate of drug-likeness (QED) is 0.674. The van der Waals surface area contributed by atoms with E-state index in [4.69, 9.17) is 11.6 Å². The van der Waals surface area contributed by atoms with Crippen molar-refractivity contribution in [2.75, 3.05) is 26.2 Å². The van der Waals surface area contributed by atoms with E-state index in [1.165, 1.54) is 5.56 Å². The summed E-state index contributed by atoms with van der Waals surface area (Å²) in [5.41, 5.74) is 2.47. The predicted molar refractivity (Wildman–Crippen MR) is 112 cm³/mol. The van der Waals surface area contributed by atoms with Gasteiger partial charge in [-0.1, -0.05) is 41.9 Å². The Kier molecular flexibility index (Phi) is 5.56. The van der Waals surface area contributed by atoms with Gasteiger partial charge in [0.15, 0.2) is 0 Å². The number of aromatic amines is 1. The predicted octanol–water partition coefficient (Wildman–Crippen LogP) is 3.41. The zero-order valence-corrected chi connectivity index (χ0v) is 16.7. The van der Waals surface area contributed by atoms with E-state index in [-0.39, 0.29) is 18.0 Å². The van der Waals surface area contributed by atoms with Gasteiger partial charge in [-0.25, -0.2) is 4.79 Å². The number of halogens is 1. The molecule has 0 unspecified atom stereocenters. The van der Waals surface area contributed by atoms with Crippen LogP contribution in [0.1, 0.15) is 21.6 Å². The number of piperazine rings is 1. The normalized spacial score (nSPS) is 15.0. The van der Waals surface area contributed by atoms with Crippen molar-refractivity contribution in [1.29, 1.82) is 0 Å². The maximum Gasteiger partial charge on any atom is 0.352 e. The largest absolute Gasteiger partial charge is 0.477 e. The number of carbonyl (C=O) groups is 2. The first-order valence-electron chi connectivity index (χ1n) is 9.58. The number of amides is 1. The van der Waals surface area contributed by atoms with Crippen LogP contribution in [0.2, 0.25) is 5.02 Å². The molecule has 1 saturated heterocycles. The van der Waals surface area contributed by atoms with Crippen molar-refractivity contribution in [3.05, 3.63) is 70.4 Å². The van der Waals surface area contributed by atoms with Gasteiger partial charge in [0.05, 0.1) is 6.42 Å². The molecule has 0 radical (unpaired) electrons. The van der Waals surface area contributed by atoms with E-state index in [1.54, 1.807) is 18.2 Å². The number of rotatable bonds is 5. The van der Waals surface area contributed by atoms with Gasteiger partial charge in [0.1, 0.15) is 5.69 Å². The Morgan fingerprint density at radius 1 is 1.03 bits per heavy atom. The Hall–Kier alpha value is -2.83. The molecule has 2 N–H and O–H groups in total. The average Bonchev–Trinajstić information content (AvgIpc) is 3.07. The highest BCUT2D eigenvalue weighted by atomic mass is 35.5. The van der Waals surface area contributed by atoms with Gasteiger partial charge in [-0.2, -0.15) is 0 Å². The van der Waals surface area contributed by atoms with Crippen molar-refractivity contribution >= 4 is 34.4 Å². The zero-order valence-electron chi connectivity index (χ0n) is 15.9. The molecule has 2 heterocycles. The smallest absolute Gasteiger partial charge is 0.352 e. The van der Waals surface area contributed by atoms with Crippen LogP contribution < -0.4 is 0 Å². The molecule has 6 nitrogen and oxygen atoms in total. The lowest BCUT2D eigenvalue weighted by atomic mass is 10.1. The topological polar surface area (TPSA) is 76.6 Å². The van der Waals surface area contributed by atoms with Gasteiger partial charge in [0.2, 0.25) is 5.91 Å². The number of hydrogen-bond donors (Lipinski definition) is 2. The number of nitrogens with zero attached hydrogens (tertiary/aromatic N) is 2. The monoisotopic (exact) mass is 411 g/mol. The second-order valence-corrected chi connectivity index (χ2v) is 7.73. The third-order valence-corrected chi connectivity index (χ3v) is 5.62. The summed E-state index contributed by atoms with van der Waals surface area (Å²) in [4.78, 5) is 31.6. The minimum absolute atomic E-state index is 0.0423. The molecule has 1 aliphatic heterocycles. The molecule has 150 valence electrons. The van der Waals surface area contributed by atoms with Crippen LogP contribution in [0.3, 0.4) is 0 Å². The van der Waals surface area contributed by atoms with Crippen LogP contribution >= 0.6 is 11.6 Å². The third kappa shape index (κ3) is 4.28. The van der Waals surface area contributed by atoms with Gasteiger partial charge in [-0.3, -0.25) is 9.69 Å². The molecule has 7 heteroatoms. The summed E-state index contributed by atoms with van der Waals surface area (Å²) in [6.45, 7) is 3.74. The van der Waals surface area contributed by atoms with Crippen molar-refractivity contribution < 1.29 is 14.7 Å². The number of fused-ring (bicyclic) bond motifs is 1. The maximum absolute atomic E-state index is 12.9. The molecule has 1 aliphatic rings. The number of carboxylic acid groups (broad SMARTS) is 1. The molecule has 0 saturated carbocycles. The molecule has 2 aromatic carbocycles. The Bertz CT molecular complexity index is 1040. The molecule has 1 aromatic heterocycles. The summed E-state index contributed by atoms with van der Waals surface area (Å²) in [6, 6.07) is 15.4. The molecule has 1 amide bonds. The lowest BCUT2D eigenvalue weighted by Crippen LogP contribution is -2.48. The summed E-state index contributed by atoms with van der Waals surface area (Å²) in [7, 11) is 0. The molecule has 29 heavy (non-hydrogen) atoms. The Morgan fingerprint density at radius 2 is 1.76 bits per heavy atom. The molecule has 0 aliphatic carbocycles. The van der Waals surface area contributed by atoms with Crippen molar-refractivity contribution in [2.45, 2.75) is 13.0 Å². The van der Waals surface area contributed by atoms with Crippen molar-refractivity contribution in [2.24, 2.45) is 0 Å². The summed E-state index contributed by atoms with van der Waals surface area (Å²) in [6.07, 6.45) is 0.0423. The lowest BCUT2D eigenvalue weighted by molar-refractivity contribution is -0.132. The summed E-state index contributed by atoms with van der Waals surface area (Å²) >= 11 is 6.09. The average molecular weight is 412 g/mol. The zero-order chi connectivity index (χ0) is 20.4. The molecule has 1 fully saturated rings. The minimum atomic E-state index is -1.08. The van der Waals surface area contributed by atoms with E-state index in [0.29, 0.717) is 34.6 Å². The molecule has 4 rings (SSSR count). The van der Waals surface area contributed by atoms with Gasteiger partial charge < -0.3 is 15.0 Å². The number of carbonyl (C=O) groups excluding carboxylic acids is 1. The van der Waals surface area contributed by atoms with Crippen LogP contribution in [-0.2, 0) is 17.8 Å². The molecule has 3 aromatic rings. The van der Waals surface area contributed by atoms with Crippen LogP contribution in [-0.4, -0.2) is 57.9 Å². The van der Waals surface area contributed by atoms with Gasteiger partial charge in [-0.05, 0) is 23.8 Å². The Labute approximate surface area is 173 Å². The van der Waals surface area contributed by atoms with E-state index >= 15 is 0 Å². The molecular weight excluding hydrogens is 390 g/mol. The van der Waals surface area contributed by atoms with Crippen LogP contribution in [0.25, 0.3) is 10.9 Å². The highest BCUT2D eigenvalue weighted by Crippen LogP contribution is 2.27. The highest BCUT2D eigenvalue weighted by Gasteiger charge is 2.25. The molecule has 0 spiro atoms. The van der Waals surface area contributed by atoms with E-state index < -0.39 is 5.97 Å². The molecular formula is C22H22ClN3O3. The number of nitrogens with one attached hydrogen (secondary N) is 1. The van der Waals surface area contributed by atoms with Gasteiger partial charge in [0, 0.05) is 54.2 Å². The second-order valence-electron chi connectivity index (χ2n) is 7.29. The number of hydrogen-bond acceptors (Lipinski definition) is 3. The van der Waals surface area contributed by atoms with E-state index in [0.717, 1.165) is 19.6 Å². The summed E-state index contributed by atoms with van der Waals surface area (Å²) in [5.74, 6) is -1.14. The number of aromatic carboxylic acids is 1. The van der Waals surface area contributed by atoms with E-state index in [2.05, 4.69) is 22.0 Å². The second kappa shape index (κ2) is 8.27. The van der Waals surface area contributed by atoms with Crippen LogP contribution in [0, 0.1) is 0 Å². The van der Waals surface area contributed by atoms with Crippen molar-refractivity contribution in [1.82, 2.24) is 14.8 Å². The first kappa shape index (κ1) is 19.5. The number of carboxylic acids is 1.